The van der Waals surface area contributed by atoms with Crippen LogP contribution in [0.2, 0.25) is 0 Å². The SMILES string of the molecule is COC(=S)OC(C(=O)N[C@@H]1C(=O)N2C(C(=O)O)=C(CSc3nnc(C)s3)CSC12)c1ccccn1. The van der Waals surface area contributed by atoms with Gasteiger partial charge in [-0.1, -0.05) is 29.2 Å². The van der Waals surface area contributed by atoms with Gasteiger partial charge in [0.15, 0.2) is 4.34 Å². The van der Waals surface area contributed by atoms with Gasteiger partial charge in [-0.25, -0.2) is 4.79 Å². The van der Waals surface area contributed by atoms with Crippen LogP contribution in [0.4, 0.5) is 0 Å². The van der Waals surface area contributed by atoms with Gasteiger partial charge in [0.2, 0.25) is 6.10 Å². The van der Waals surface area contributed by atoms with Crippen molar-refractivity contribution in [3.05, 3.63) is 46.4 Å². The molecule has 1 fully saturated rings. The normalized spacial score (nSPS) is 19.9. The summed E-state index contributed by atoms with van der Waals surface area (Å²) < 4.78 is 11.0. The smallest absolute Gasteiger partial charge is 0.353 e. The number of carbonyl (C=O) groups excluding carboxylic acids is 2. The van der Waals surface area contributed by atoms with Crippen LogP contribution in [-0.2, 0) is 23.9 Å². The summed E-state index contributed by atoms with van der Waals surface area (Å²) in [6.07, 6.45) is 0.255. The Morgan fingerprint density at radius 3 is 2.83 bits per heavy atom. The molecule has 0 aliphatic carbocycles. The van der Waals surface area contributed by atoms with Crippen molar-refractivity contribution in [1.82, 2.24) is 25.4 Å². The number of aromatic nitrogens is 3. The molecule has 184 valence electrons. The van der Waals surface area contributed by atoms with Crippen LogP contribution in [0.15, 0.2) is 40.0 Å². The lowest BCUT2D eigenvalue weighted by Crippen LogP contribution is -2.71. The number of carboxylic acid groups (broad SMARTS) is 1. The van der Waals surface area contributed by atoms with Gasteiger partial charge in [0.1, 0.15) is 22.1 Å². The van der Waals surface area contributed by atoms with Crippen molar-refractivity contribution in [2.45, 2.75) is 28.8 Å². The zero-order chi connectivity index (χ0) is 25.1. The zero-order valence-electron chi connectivity index (χ0n) is 18.4. The molecular weight excluding hydrogens is 535 g/mol. The standard InChI is InChI=1S/C20H19N5O6S4/c1-9-23-24-19(35-9)34-8-10-7-33-17-12(16(27)25(17)13(10)18(28)29)22-15(26)14(31-20(32)30-2)11-5-3-4-6-21-11/h3-6,12,14,17H,7-8H2,1-2H3,(H,22,26)(H,28,29)/t12-,14?,17?/m1/s1. The van der Waals surface area contributed by atoms with E-state index in [1.807, 2.05) is 6.92 Å². The topological polar surface area (TPSA) is 144 Å². The Hall–Kier alpha value is -2.75. The number of methoxy groups -OCH3 is 1. The molecule has 0 bridgehead atoms. The number of hydrogen-bond donors (Lipinski definition) is 2. The van der Waals surface area contributed by atoms with Gasteiger partial charge >= 0.3 is 11.2 Å². The first-order valence-electron chi connectivity index (χ1n) is 10.1. The Morgan fingerprint density at radius 2 is 2.20 bits per heavy atom. The molecule has 0 radical (unpaired) electrons. The quantitative estimate of drug-likeness (QED) is 0.279. The van der Waals surface area contributed by atoms with Crippen molar-refractivity contribution in [3.8, 4) is 0 Å². The number of pyridine rings is 1. The second kappa shape index (κ2) is 10.9. The average Bonchev–Trinajstić information content (AvgIpc) is 3.28. The van der Waals surface area contributed by atoms with Crippen LogP contribution in [-0.4, -0.2) is 78.2 Å². The number of hydrogen-bond acceptors (Lipinski definition) is 12. The van der Waals surface area contributed by atoms with E-state index in [0.717, 1.165) is 9.35 Å². The van der Waals surface area contributed by atoms with E-state index in [2.05, 4.69) is 20.5 Å². The van der Waals surface area contributed by atoms with E-state index in [4.69, 9.17) is 21.7 Å². The van der Waals surface area contributed by atoms with Gasteiger partial charge in [-0.2, -0.15) is 0 Å². The van der Waals surface area contributed by atoms with E-state index in [-0.39, 0.29) is 16.6 Å². The first kappa shape index (κ1) is 25.3. The Bertz CT molecular complexity index is 1190. The monoisotopic (exact) mass is 553 g/mol. The molecule has 4 rings (SSSR count). The number of thioether (sulfide) groups is 2. The van der Waals surface area contributed by atoms with E-state index in [1.165, 1.54) is 53.1 Å². The van der Waals surface area contributed by atoms with Gasteiger partial charge in [-0.05, 0) is 24.6 Å². The predicted octanol–water partition coefficient (Wildman–Crippen LogP) is 1.76. The van der Waals surface area contributed by atoms with Crippen LogP contribution in [0.3, 0.4) is 0 Å². The lowest BCUT2D eigenvalue weighted by molar-refractivity contribution is -0.151. The number of carbonyl (C=O) groups is 3. The van der Waals surface area contributed by atoms with Gasteiger partial charge in [0.25, 0.3) is 11.8 Å². The number of nitrogens with one attached hydrogen (secondary N) is 1. The zero-order valence-corrected chi connectivity index (χ0v) is 21.6. The van der Waals surface area contributed by atoms with Crippen LogP contribution in [0.1, 0.15) is 16.8 Å². The number of thiocarbonyl (C=S) groups is 1. The van der Waals surface area contributed by atoms with Crippen LogP contribution in [0.5, 0.6) is 0 Å². The minimum absolute atomic E-state index is 0.0592. The third kappa shape index (κ3) is 5.42. The third-order valence-corrected chi connectivity index (χ3v) is 8.66. The predicted molar refractivity (Wildman–Crippen MR) is 133 cm³/mol. The van der Waals surface area contributed by atoms with Crippen LogP contribution < -0.4 is 5.32 Å². The minimum atomic E-state index is -1.24. The molecule has 2 aliphatic rings. The van der Waals surface area contributed by atoms with Gasteiger partial charge in [0.05, 0.1) is 12.8 Å². The van der Waals surface area contributed by atoms with Crippen LogP contribution >= 0.6 is 47.1 Å². The molecule has 3 atom stereocenters. The number of fused-ring (bicyclic) bond motifs is 1. The highest BCUT2D eigenvalue weighted by Crippen LogP contribution is 2.42. The summed E-state index contributed by atoms with van der Waals surface area (Å²) in [6, 6.07) is 4.03. The van der Waals surface area contributed by atoms with E-state index in [0.29, 0.717) is 17.1 Å². The van der Waals surface area contributed by atoms with Crippen molar-refractivity contribution >= 4 is 70.1 Å². The summed E-state index contributed by atoms with van der Waals surface area (Å²) >= 11 is 9.10. The molecule has 0 saturated carbocycles. The molecule has 0 spiro atoms. The highest BCUT2D eigenvalue weighted by molar-refractivity contribution is 8.01. The maximum absolute atomic E-state index is 13.0. The van der Waals surface area contributed by atoms with E-state index in [9.17, 15) is 19.5 Å². The number of nitrogens with zero attached hydrogens (tertiary/aromatic N) is 4. The van der Waals surface area contributed by atoms with Gasteiger partial charge in [0, 0.05) is 29.9 Å². The highest BCUT2D eigenvalue weighted by Gasteiger charge is 2.54. The number of ether oxygens (including phenoxy) is 2. The van der Waals surface area contributed by atoms with Crippen molar-refractivity contribution in [2.24, 2.45) is 0 Å². The summed E-state index contributed by atoms with van der Waals surface area (Å²) in [7, 11) is 1.31. The third-order valence-electron chi connectivity index (χ3n) is 5.00. The molecule has 0 aromatic carbocycles. The summed E-state index contributed by atoms with van der Waals surface area (Å²) in [4.78, 5) is 43.4. The Labute approximate surface area is 217 Å². The first-order valence-corrected chi connectivity index (χ1v) is 13.3. The van der Waals surface area contributed by atoms with Crippen LogP contribution in [0.25, 0.3) is 0 Å². The summed E-state index contributed by atoms with van der Waals surface area (Å²) in [5.74, 6) is -1.60. The number of aliphatic carboxylic acids is 1. The molecule has 35 heavy (non-hydrogen) atoms. The van der Waals surface area contributed by atoms with Crippen LogP contribution in [0, 0.1) is 6.92 Å². The fraction of sp³-hybridized carbons (Fsp3) is 0.350. The summed E-state index contributed by atoms with van der Waals surface area (Å²) in [6.45, 7) is 1.84. The molecule has 2 unspecified atom stereocenters. The molecule has 1 saturated heterocycles. The van der Waals surface area contributed by atoms with Crippen molar-refractivity contribution in [2.75, 3.05) is 18.6 Å². The maximum Gasteiger partial charge on any atom is 0.353 e. The Balaban J connectivity index is 1.48. The van der Waals surface area contributed by atoms with Crippen molar-refractivity contribution < 1.29 is 29.0 Å². The molecular formula is C20H19N5O6S4. The van der Waals surface area contributed by atoms with Gasteiger partial charge < -0.3 is 19.9 Å². The minimum Gasteiger partial charge on any atom is -0.477 e. The second-order valence-electron chi connectivity index (χ2n) is 7.24. The number of carboxylic acids is 1. The Kier molecular flexibility index (Phi) is 7.88. The maximum atomic E-state index is 13.0. The van der Waals surface area contributed by atoms with Crippen molar-refractivity contribution in [1.29, 1.82) is 0 Å². The number of aryl methyl sites for hydroxylation is 1. The summed E-state index contributed by atoms with van der Waals surface area (Å²) in [5.41, 5.74) is 0.826. The van der Waals surface area contributed by atoms with E-state index < -0.39 is 35.3 Å². The molecule has 2 N–H and O–H groups in total. The van der Waals surface area contributed by atoms with Gasteiger partial charge in [-0.15, -0.1) is 22.0 Å². The number of rotatable bonds is 8. The van der Waals surface area contributed by atoms with E-state index >= 15 is 0 Å². The molecule has 4 heterocycles. The second-order valence-corrected chi connectivity index (χ2v) is 11.1. The van der Waals surface area contributed by atoms with Gasteiger partial charge in [-0.3, -0.25) is 19.5 Å². The Morgan fingerprint density at radius 1 is 1.40 bits per heavy atom. The molecule has 2 aromatic heterocycles. The molecule has 2 aromatic rings. The first-order chi connectivity index (χ1) is 16.8. The average molecular weight is 554 g/mol. The number of β-lactam (4-membered cyclic amide) rings is 1. The molecule has 2 aliphatic heterocycles. The lowest BCUT2D eigenvalue weighted by atomic mass is 10.0. The fourth-order valence-electron chi connectivity index (χ4n) is 3.43. The number of amides is 2. The molecule has 15 heteroatoms. The molecule has 11 nitrogen and oxygen atoms in total. The molecule has 2 amide bonds. The fourth-order valence-corrected chi connectivity index (χ4v) is 6.83. The lowest BCUT2D eigenvalue weighted by Gasteiger charge is -2.49. The van der Waals surface area contributed by atoms with Crippen molar-refractivity contribution in [3.63, 3.8) is 0 Å². The largest absolute Gasteiger partial charge is 0.477 e. The summed E-state index contributed by atoms with van der Waals surface area (Å²) in [5, 5.41) is 20.5. The highest BCUT2D eigenvalue weighted by atomic mass is 32.2. The van der Waals surface area contributed by atoms with E-state index in [1.54, 1.807) is 18.2 Å².